The van der Waals surface area contributed by atoms with Gasteiger partial charge in [-0.25, -0.2) is 4.79 Å². The average molecular weight is 335 g/mol. The van der Waals surface area contributed by atoms with Crippen LogP contribution in [0.1, 0.15) is 43.5 Å². The Labute approximate surface area is 142 Å². The molecule has 0 heterocycles. The van der Waals surface area contributed by atoms with Gasteiger partial charge in [0, 0.05) is 10.9 Å². The Hall–Kier alpha value is -1.49. The number of carbonyl (C=O) groups excluding carboxylic acids is 2. The van der Waals surface area contributed by atoms with E-state index in [0.717, 1.165) is 17.7 Å². The fourth-order valence-corrected chi connectivity index (χ4v) is 3.38. The van der Waals surface area contributed by atoms with Crippen LogP contribution in [-0.4, -0.2) is 30.8 Å². The van der Waals surface area contributed by atoms with Crippen LogP contribution < -0.4 is 5.32 Å². The molecule has 1 N–H and O–H groups in total. The van der Waals surface area contributed by atoms with Crippen molar-refractivity contribution in [2.24, 2.45) is 11.8 Å². The van der Waals surface area contributed by atoms with E-state index >= 15 is 0 Å². The Morgan fingerprint density at radius 2 is 1.91 bits per heavy atom. The molecule has 1 saturated carbocycles. The summed E-state index contributed by atoms with van der Waals surface area (Å²) in [6.45, 7) is 4.18. The second-order valence-electron chi connectivity index (χ2n) is 6.25. The summed E-state index contributed by atoms with van der Waals surface area (Å²) in [5, 5.41) is 3.00. The van der Waals surface area contributed by atoms with Crippen molar-refractivity contribution in [2.45, 2.75) is 44.0 Å². The number of esters is 1. The van der Waals surface area contributed by atoms with Crippen LogP contribution in [0.5, 0.6) is 0 Å². The lowest BCUT2D eigenvalue weighted by atomic mass is 9.78. The highest BCUT2D eigenvalue weighted by Crippen LogP contribution is 2.29. The first-order chi connectivity index (χ1) is 11.0. The molecule has 1 amide bonds. The van der Waals surface area contributed by atoms with Crippen LogP contribution in [-0.2, 0) is 9.53 Å². The number of amides is 1. The molecule has 0 aromatic heterocycles. The molecule has 1 aliphatic carbocycles. The minimum Gasteiger partial charge on any atom is -0.452 e. The predicted molar refractivity (Wildman–Crippen MR) is 92.6 cm³/mol. The van der Waals surface area contributed by atoms with Crippen molar-refractivity contribution in [2.75, 3.05) is 12.9 Å². The highest BCUT2D eigenvalue weighted by molar-refractivity contribution is 7.98. The molecule has 126 valence electrons. The van der Waals surface area contributed by atoms with Crippen LogP contribution in [0.3, 0.4) is 0 Å². The van der Waals surface area contributed by atoms with E-state index in [2.05, 4.69) is 19.2 Å². The third kappa shape index (κ3) is 4.99. The summed E-state index contributed by atoms with van der Waals surface area (Å²) in [6, 6.07) is 7.36. The Morgan fingerprint density at radius 3 is 2.57 bits per heavy atom. The van der Waals surface area contributed by atoms with Gasteiger partial charge < -0.3 is 10.1 Å². The average Bonchev–Trinajstić information content (AvgIpc) is 2.57. The fraction of sp³-hybridized carbons (Fsp3) is 0.556. The lowest BCUT2D eigenvalue weighted by Gasteiger charge is -2.34. The van der Waals surface area contributed by atoms with Crippen molar-refractivity contribution in [1.82, 2.24) is 5.32 Å². The SMILES string of the molecule is CSc1ccc(C(=O)OCC(=O)N[C@H]2CCC[C@H](C)[C@H]2C)cc1. The molecule has 0 radical (unpaired) electrons. The predicted octanol–water partition coefficient (Wildman–Crippen LogP) is 3.51. The maximum atomic E-state index is 12.0. The zero-order valence-corrected chi connectivity index (χ0v) is 14.8. The molecule has 0 unspecified atom stereocenters. The van der Waals surface area contributed by atoms with Gasteiger partial charge in [-0.15, -0.1) is 11.8 Å². The van der Waals surface area contributed by atoms with E-state index in [0.29, 0.717) is 17.4 Å². The zero-order chi connectivity index (χ0) is 16.8. The Bertz CT molecular complexity index is 544. The van der Waals surface area contributed by atoms with Crippen molar-refractivity contribution in [3.05, 3.63) is 29.8 Å². The van der Waals surface area contributed by atoms with E-state index < -0.39 is 5.97 Å². The molecule has 1 fully saturated rings. The van der Waals surface area contributed by atoms with Crippen molar-refractivity contribution in [1.29, 1.82) is 0 Å². The molecular formula is C18H25NO3S. The summed E-state index contributed by atoms with van der Waals surface area (Å²) < 4.78 is 5.11. The molecule has 1 aromatic rings. The summed E-state index contributed by atoms with van der Waals surface area (Å²) in [5.41, 5.74) is 0.468. The molecule has 0 saturated heterocycles. The monoisotopic (exact) mass is 335 g/mol. The minimum atomic E-state index is -0.460. The molecule has 0 bridgehead atoms. The fourth-order valence-electron chi connectivity index (χ4n) is 2.98. The van der Waals surface area contributed by atoms with Crippen molar-refractivity contribution in [3.8, 4) is 0 Å². The van der Waals surface area contributed by atoms with Gasteiger partial charge in [-0.2, -0.15) is 0 Å². The lowest BCUT2D eigenvalue weighted by molar-refractivity contribution is -0.125. The van der Waals surface area contributed by atoms with Crippen molar-refractivity contribution in [3.63, 3.8) is 0 Å². The van der Waals surface area contributed by atoms with Crippen LogP contribution in [0.25, 0.3) is 0 Å². The molecule has 4 nitrogen and oxygen atoms in total. The Kier molecular flexibility index (Phi) is 6.51. The van der Waals surface area contributed by atoms with Gasteiger partial charge in [0.2, 0.25) is 0 Å². The minimum absolute atomic E-state index is 0.186. The Morgan fingerprint density at radius 1 is 1.22 bits per heavy atom. The van der Waals surface area contributed by atoms with Crippen molar-refractivity contribution >= 4 is 23.6 Å². The topological polar surface area (TPSA) is 55.4 Å². The summed E-state index contributed by atoms with van der Waals surface area (Å²) in [7, 11) is 0. The Balaban J connectivity index is 1.80. The number of carbonyl (C=O) groups is 2. The van der Waals surface area contributed by atoms with E-state index in [-0.39, 0.29) is 18.6 Å². The van der Waals surface area contributed by atoms with Crippen LogP contribution in [0, 0.1) is 11.8 Å². The zero-order valence-electron chi connectivity index (χ0n) is 14.0. The van der Waals surface area contributed by atoms with Crippen molar-refractivity contribution < 1.29 is 14.3 Å². The van der Waals surface area contributed by atoms with E-state index in [9.17, 15) is 9.59 Å². The normalized spacial score (nSPS) is 24.0. The molecular weight excluding hydrogens is 310 g/mol. The van der Waals surface area contributed by atoms with Gasteiger partial charge in [-0.05, 0) is 48.8 Å². The second kappa shape index (κ2) is 8.39. The molecule has 1 aromatic carbocycles. The van der Waals surface area contributed by atoms with Gasteiger partial charge >= 0.3 is 5.97 Å². The van der Waals surface area contributed by atoms with E-state index in [4.69, 9.17) is 4.74 Å². The van der Waals surface area contributed by atoms with Gasteiger partial charge in [0.1, 0.15) is 0 Å². The van der Waals surface area contributed by atoms with E-state index in [1.807, 2.05) is 18.4 Å². The van der Waals surface area contributed by atoms with Crippen LogP contribution in [0.15, 0.2) is 29.2 Å². The van der Waals surface area contributed by atoms with Crippen LogP contribution >= 0.6 is 11.8 Å². The molecule has 1 aliphatic rings. The number of ether oxygens (including phenoxy) is 1. The largest absolute Gasteiger partial charge is 0.452 e. The smallest absolute Gasteiger partial charge is 0.338 e. The highest BCUT2D eigenvalue weighted by atomic mass is 32.2. The lowest BCUT2D eigenvalue weighted by Crippen LogP contribution is -2.45. The number of benzene rings is 1. The molecule has 0 aliphatic heterocycles. The third-order valence-corrected chi connectivity index (χ3v) is 5.46. The molecule has 0 spiro atoms. The van der Waals surface area contributed by atoms with Crippen LogP contribution in [0.2, 0.25) is 0 Å². The van der Waals surface area contributed by atoms with Crippen LogP contribution in [0.4, 0.5) is 0 Å². The molecule has 2 rings (SSSR count). The number of rotatable bonds is 5. The van der Waals surface area contributed by atoms with E-state index in [1.165, 1.54) is 6.42 Å². The van der Waals surface area contributed by atoms with Gasteiger partial charge in [0.15, 0.2) is 6.61 Å². The second-order valence-corrected chi connectivity index (χ2v) is 7.13. The molecule has 23 heavy (non-hydrogen) atoms. The van der Waals surface area contributed by atoms with E-state index in [1.54, 1.807) is 23.9 Å². The summed E-state index contributed by atoms with van der Waals surface area (Å²) >= 11 is 1.61. The molecule has 5 heteroatoms. The number of hydrogen-bond acceptors (Lipinski definition) is 4. The first-order valence-corrected chi connectivity index (χ1v) is 9.34. The quantitative estimate of drug-likeness (QED) is 0.661. The number of nitrogens with one attached hydrogen (secondary N) is 1. The van der Waals surface area contributed by atoms with Gasteiger partial charge in [-0.1, -0.05) is 26.7 Å². The summed E-state index contributed by atoms with van der Waals surface area (Å²) in [4.78, 5) is 25.0. The first-order valence-electron chi connectivity index (χ1n) is 8.11. The highest BCUT2D eigenvalue weighted by Gasteiger charge is 2.28. The van der Waals surface area contributed by atoms with Gasteiger partial charge in [0.25, 0.3) is 5.91 Å². The number of hydrogen-bond donors (Lipinski definition) is 1. The summed E-state index contributed by atoms with van der Waals surface area (Å²) in [6.07, 6.45) is 5.33. The third-order valence-electron chi connectivity index (χ3n) is 4.71. The van der Waals surface area contributed by atoms with Gasteiger partial charge in [0.05, 0.1) is 5.56 Å². The first kappa shape index (κ1) is 17.9. The van der Waals surface area contributed by atoms with Gasteiger partial charge in [-0.3, -0.25) is 4.79 Å². The standard InChI is InChI=1S/C18H25NO3S/c1-12-5-4-6-16(13(12)2)19-17(20)11-22-18(21)14-7-9-15(23-3)10-8-14/h7-10,12-13,16H,4-6,11H2,1-3H3,(H,19,20)/t12-,13+,16-/m0/s1. The maximum Gasteiger partial charge on any atom is 0.338 e. The summed E-state index contributed by atoms with van der Waals surface area (Å²) in [5.74, 6) is 0.400. The maximum absolute atomic E-state index is 12.0. The molecule has 3 atom stereocenters. The number of thioether (sulfide) groups is 1.